The van der Waals surface area contributed by atoms with E-state index >= 15 is 0 Å². The van der Waals surface area contributed by atoms with Crippen LogP contribution < -0.4 is 4.90 Å². The predicted molar refractivity (Wildman–Crippen MR) is 89.4 cm³/mol. The Morgan fingerprint density at radius 2 is 1.74 bits per heavy atom. The van der Waals surface area contributed by atoms with Gasteiger partial charge in [-0.15, -0.1) is 0 Å². The molecule has 0 spiro atoms. The van der Waals surface area contributed by atoms with Crippen molar-refractivity contribution in [3.05, 3.63) is 69.9 Å². The van der Waals surface area contributed by atoms with Gasteiger partial charge in [-0.2, -0.15) is 0 Å². The van der Waals surface area contributed by atoms with Crippen molar-refractivity contribution in [3.8, 4) is 0 Å². The molecule has 2 aromatic carbocycles. The van der Waals surface area contributed by atoms with Crippen molar-refractivity contribution in [2.75, 3.05) is 4.90 Å². The van der Waals surface area contributed by atoms with E-state index in [0.29, 0.717) is 16.3 Å². The molecule has 0 radical (unpaired) electrons. The molecule has 0 saturated carbocycles. The number of hydrogen-bond donors (Lipinski definition) is 1. The molecule has 2 aromatic rings. The van der Waals surface area contributed by atoms with Crippen LogP contribution in [0.2, 0.25) is 5.02 Å². The van der Waals surface area contributed by atoms with Gasteiger partial charge in [0, 0.05) is 5.02 Å². The normalized spacial score (nSPS) is 14.8. The average molecular weight is 328 g/mol. The van der Waals surface area contributed by atoms with Crippen LogP contribution in [0.25, 0.3) is 5.57 Å². The minimum Gasteiger partial charge on any atom is -0.502 e. The van der Waals surface area contributed by atoms with Crippen LogP contribution in [0.4, 0.5) is 5.69 Å². The lowest BCUT2D eigenvalue weighted by molar-refractivity contribution is -0.121. The summed E-state index contributed by atoms with van der Waals surface area (Å²) in [6, 6.07) is 11.9. The topological polar surface area (TPSA) is 57.6 Å². The Balaban J connectivity index is 2.10. The number of aliphatic hydroxyl groups excluding tert-OH is 1. The lowest BCUT2D eigenvalue weighted by atomic mass is 9.98. The molecule has 0 aliphatic carbocycles. The number of aryl methyl sites for hydroxylation is 2. The highest BCUT2D eigenvalue weighted by molar-refractivity contribution is 6.45. The van der Waals surface area contributed by atoms with Gasteiger partial charge in [0.25, 0.3) is 5.91 Å². The van der Waals surface area contributed by atoms with Gasteiger partial charge in [-0.05, 0) is 43.2 Å². The zero-order valence-electron chi connectivity index (χ0n) is 12.6. The minimum atomic E-state index is -0.743. The van der Waals surface area contributed by atoms with Crippen LogP contribution in [0.3, 0.4) is 0 Å². The molecule has 0 bridgehead atoms. The number of nitrogens with zero attached hydrogens (tertiary/aromatic N) is 1. The quantitative estimate of drug-likeness (QED) is 0.853. The zero-order valence-corrected chi connectivity index (χ0v) is 13.4. The van der Waals surface area contributed by atoms with Gasteiger partial charge in [0.2, 0.25) is 0 Å². The number of imide groups is 1. The smallest absolute Gasteiger partial charge is 0.301 e. The maximum absolute atomic E-state index is 12.7. The number of benzene rings is 2. The summed E-state index contributed by atoms with van der Waals surface area (Å²) in [6.45, 7) is 3.77. The minimum absolute atomic E-state index is 0.0208. The summed E-state index contributed by atoms with van der Waals surface area (Å²) >= 11 is 5.93. The highest BCUT2D eigenvalue weighted by atomic mass is 35.5. The molecule has 0 unspecified atom stereocenters. The standard InChI is InChI=1S/C18H14ClNO3/c1-10-6-7-14(11(2)8-10)15-16(21)18(23)20(17(15)22)13-5-3-4-12(19)9-13/h3-9,21H,1-2H3. The summed E-state index contributed by atoms with van der Waals surface area (Å²) in [4.78, 5) is 26.0. The molecular weight excluding hydrogens is 314 g/mol. The number of hydrogen-bond acceptors (Lipinski definition) is 3. The highest BCUT2D eigenvalue weighted by Gasteiger charge is 2.40. The lowest BCUT2D eigenvalue weighted by Gasteiger charge is -2.15. The summed E-state index contributed by atoms with van der Waals surface area (Å²) < 4.78 is 0. The number of rotatable bonds is 2. The van der Waals surface area contributed by atoms with E-state index in [2.05, 4.69) is 0 Å². The lowest BCUT2D eigenvalue weighted by Crippen LogP contribution is -2.31. The van der Waals surface area contributed by atoms with E-state index in [4.69, 9.17) is 11.6 Å². The fourth-order valence-corrected chi connectivity index (χ4v) is 2.89. The number of carbonyl (C=O) groups excluding carboxylic acids is 2. The van der Waals surface area contributed by atoms with E-state index in [1.807, 2.05) is 26.0 Å². The highest BCUT2D eigenvalue weighted by Crippen LogP contribution is 2.34. The molecule has 116 valence electrons. The van der Waals surface area contributed by atoms with Crippen molar-refractivity contribution < 1.29 is 14.7 Å². The first-order chi connectivity index (χ1) is 10.9. The van der Waals surface area contributed by atoms with Crippen LogP contribution >= 0.6 is 11.6 Å². The third-order valence-electron chi connectivity index (χ3n) is 3.78. The second-order valence-electron chi connectivity index (χ2n) is 5.47. The second kappa shape index (κ2) is 5.56. The largest absolute Gasteiger partial charge is 0.502 e. The van der Waals surface area contributed by atoms with Crippen LogP contribution in [0, 0.1) is 13.8 Å². The number of aliphatic hydroxyl groups is 1. The molecule has 3 rings (SSSR count). The molecule has 4 nitrogen and oxygen atoms in total. The Morgan fingerprint density at radius 1 is 1.00 bits per heavy atom. The molecule has 0 aromatic heterocycles. The van der Waals surface area contributed by atoms with Gasteiger partial charge in [-0.25, -0.2) is 4.90 Å². The monoisotopic (exact) mass is 327 g/mol. The van der Waals surface area contributed by atoms with Gasteiger partial charge < -0.3 is 5.11 Å². The van der Waals surface area contributed by atoms with Gasteiger partial charge in [-0.3, -0.25) is 9.59 Å². The maximum atomic E-state index is 12.7. The van der Waals surface area contributed by atoms with Crippen molar-refractivity contribution >= 4 is 34.7 Å². The van der Waals surface area contributed by atoms with Gasteiger partial charge in [0.1, 0.15) is 0 Å². The fourth-order valence-electron chi connectivity index (χ4n) is 2.70. The van der Waals surface area contributed by atoms with E-state index in [-0.39, 0.29) is 5.57 Å². The van der Waals surface area contributed by atoms with Crippen LogP contribution in [0.15, 0.2) is 48.2 Å². The zero-order chi connectivity index (χ0) is 16.7. The van der Waals surface area contributed by atoms with Gasteiger partial charge in [0.15, 0.2) is 5.76 Å². The first-order valence-electron chi connectivity index (χ1n) is 7.05. The van der Waals surface area contributed by atoms with E-state index in [1.165, 1.54) is 6.07 Å². The number of carbonyl (C=O) groups is 2. The van der Waals surface area contributed by atoms with E-state index in [1.54, 1.807) is 24.3 Å². The van der Waals surface area contributed by atoms with E-state index in [0.717, 1.165) is 16.0 Å². The summed E-state index contributed by atoms with van der Waals surface area (Å²) in [5.74, 6) is -1.84. The Labute approximate surface area is 138 Å². The van der Waals surface area contributed by atoms with Gasteiger partial charge in [-0.1, -0.05) is 41.4 Å². The predicted octanol–water partition coefficient (Wildman–Crippen LogP) is 3.80. The summed E-state index contributed by atoms with van der Waals surface area (Å²) in [6.07, 6.45) is 0. The van der Waals surface area contributed by atoms with Crippen LogP contribution in [0.5, 0.6) is 0 Å². The van der Waals surface area contributed by atoms with Crippen LogP contribution in [-0.2, 0) is 9.59 Å². The van der Waals surface area contributed by atoms with Crippen molar-refractivity contribution in [3.63, 3.8) is 0 Å². The summed E-state index contributed by atoms with van der Waals surface area (Å²) in [5.41, 5.74) is 2.76. The number of halogens is 1. The molecule has 5 heteroatoms. The average Bonchev–Trinajstić information content (AvgIpc) is 2.70. The van der Waals surface area contributed by atoms with Gasteiger partial charge in [0.05, 0.1) is 11.3 Å². The Hall–Kier alpha value is -2.59. The maximum Gasteiger partial charge on any atom is 0.301 e. The van der Waals surface area contributed by atoms with Crippen molar-refractivity contribution in [1.82, 2.24) is 0 Å². The van der Waals surface area contributed by atoms with E-state index < -0.39 is 17.6 Å². The first kappa shape index (κ1) is 15.3. The molecule has 0 atom stereocenters. The number of amides is 2. The van der Waals surface area contributed by atoms with E-state index in [9.17, 15) is 14.7 Å². The third kappa shape index (κ3) is 2.51. The van der Waals surface area contributed by atoms with Crippen molar-refractivity contribution in [2.45, 2.75) is 13.8 Å². The Kier molecular flexibility index (Phi) is 3.70. The van der Waals surface area contributed by atoms with Crippen molar-refractivity contribution in [2.24, 2.45) is 0 Å². The summed E-state index contributed by atoms with van der Waals surface area (Å²) in [5, 5.41) is 10.6. The Morgan fingerprint density at radius 3 is 2.39 bits per heavy atom. The molecule has 1 aliphatic rings. The van der Waals surface area contributed by atoms with Crippen LogP contribution in [0.1, 0.15) is 16.7 Å². The van der Waals surface area contributed by atoms with Gasteiger partial charge >= 0.3 is 5.91 Å². The first-order valence-corrected chi connectivity index (χ1v) is 7.43. The SMILES string of the molecule is Cc1ccc(C2=C(O)C(=O)N(c3cccc(Cl)c3)C2=O)c(C)c1. The van der Waals surface area contributed by atoms with Crippen LogP contribution in [-0.4, -0.2) is 16.9 Å². The molecule has 2 amide bonds. The molecule has 23 heavy (non-hydrogen) atoms. The van der Waals surface area contributed by atoms with Crippen molar-refractivity contribution in [1.29, 1.82) is 0 Å². The summed E-state index contributed by atoms with van der Waals surface area (Å²) in [7, 11) is 0. The third-order valence-corrected chi connectivity index (χ3v) is 4.01. The number of anilines is 1. The Bertz CT molecular complexity index is 870. The molecular formula is C18H14ClNO3. The molecule has 0 fully saturated rings. The second-order valence-corrected chi connectivity index (χ2v) is 5.90. The molecule has 0 saturated heterocycles. The molecule has 1 N–H and O–H groups in total. The molecule has 1 aliphatic heterocycles. The molecule has 1 heterocycles. The fraction of sp³-hybridized carbons (Fsp3) is 0.111.